The number of carbonyl (C=O) groups is 1. The molecule has 1 aliphatic rings. The largest absolute Gasteiger partial charge is 0.380 e. The lowest BCUT2D eigenvalue weighted by Gasteiger charge is -2.38. The summed E-state index contributed by atoms with van der Waals surface area (Å²) in [7, 11) is 0. The first kappa shape index (κ1) is 14.7. The summed E-state index contributed by atoms with van der Waals surface area (Å²) in [5, 5.41) is 5.97. The molecule has 1 unspecified atom stereocenters. The minimum Gasteiger partial charge on any atom is -0.380 e. The third-order valence-electron chi connectivity index (χ3n) is 3.31. The molecule has 1 fully saturated rings. The van der Waals surface area contributed by atoms with Gasteiger partial charge in [0.05, 0.1) is 13.2 Å². The van der Waals surface area contributed by atoms with Crippen molar-refractivity contribution in [3.8, 4) is 0 Å². The molecule has 110 valence electrons. The van der Waals surface area contributed by atoms with Crippen molar-refractivity contribution >= 4 is 11.9 Å². The highest BCUT2D eigenvalue weighted by atomic mass is 16.5. The molecule has 0 aromatic carbocycles. The number of carbonyl (C=O) groups excluding carboxylic acids is 1. The molecule has 2 rings (SSSR count). The molecule has 0 saturated carbocycles. The molecule has 0 radical (unpaired) electrons. The lowest BCUT2D eigenvalue weighted by Crippen LogP contribution is -2.50. The van der Waals surface area contributed by atoms with Gasteiger partial charge in [-0.1, -0.05) is 6.92 Å². The standard InChI is InChI=1S/C14H22N4O2/c1-9-5-10(2)17-13(16-9)18-11(3)12(19)15-6-14(4)7-20-8-14/h5,11H,6-8H2,1-4H3,(H,15,19)(H,16,17,18). The fourth-order valence-corrected chi connectivity index (χ4v) is 2.06. The lowest BCUT2D eigenvalue weighted by molar-refractivity contribution is -0.127. The Kier molecular flexibility index (Phi) is 4.23. The molecule has 2 N–H and O–H groups in total. The van der Waals surface area contributed by atoms with E-state index in [-0.39, 0.29) is 17.4 Å². The van der Waals surface area contributed by atoms with Gasteiger partial charge in [-0.2, -0.15) is 0 Å². The van der Waals surface area contributed by atoms with Gasteiger partial charge in [0.25, 0.3) is 0 Å². The summed E-state index contributed by atoms with van der Waals surface area (Å²) in [6, 6.07) is 1.52. The van der Waals surface area contributed by atoms with Gasteiger partial charge in [0.1, 0.15) is 6.04 Å². The number of nitrogens with one attached hydrogen (secondary N) is 2. The Morgan fingerprint density at radius 1 is 1.40 bits per heavy atom. The summed E-state index contributed by atoms with van der Waals surface area (Å²) in [5.74, 6) is 0.434. The molecule has 1 aromatic rings. The number of amides is 1. The van der Waals surface area contributed by atoms with Crippen LogP contribution in [0, 0.1) is 19.3 Å². The Morgan fingerprint density at radius 3 is 2.50 bits per heavy atom. The van der Waals surface area contributed by atoms with Crippen LogP contribution in [0.4, 0.5) is 5.95 Å². The average molecular weight is 278 g/mol. The Balaban J connectivity index is 1.86. The van der Waals surface area contributed by atoms with Crippen molar-refractivity contribution in [3.05, 3.63) is 17.5 Å². The maximum absolute atomic E-state index is 12.0. The van der Waals surface area contributed by atoms with Crippen LogP contribution in [0.1, 0.15) is 25.2 Å². The molecule has 2 heterocycles. The molecular formula is C14H22N4O2. The van der Waals surface area contributed by atoms with E-state index in [1.807, 2.05) is 19.9 Å². The SMILES string of the molecule is Cc1cc(C)nc(NC(C)C(=O)NCC2(C)COC2)n1. The van der Waals surface area contributed by atoms with Crippen molar-refractivity contribution in [1.82, 2.24) is 15.3 Å². The second-order valence-corrected chi connectivity index (χ2v) is 5.86. The van der Waals surface area contributed by atoms with E-state index in [1.165, 1.54) is 0 Å². The zero-order valence-corrected chi connectivity index (χ0v) is 12.5. The maximum atomic E-state index is 12.0. The van der Waals surface area contributed by atoms with E-state index in [1.54, 1.807) is 6.92 Å². The van der Waals surface area contributed by atoms with Crippen molar-refractivity contribution in [1.29, 1.82) is 0 Å². The molecule has 0 spiro atoms. The van der Waals surface area contributed by atoms with Crippen LogP contribution in [0.5, 0.6) is 0 Å². The zero-order valence-electron chi connectivity index (χ0n) is 12.5. The van der Waals surface area contributed by atoms with Crippen molar-refractivity contribution < 1.29 is 9.53 Å². The highest BCUT2D eigenvalue weighted by Gasteiger charge is 2.33. The van der Waals surface area contributed by atoms with Gasteiger partial charge in [-0.25, -0.2) is 9.97 Å². The van der Waals surface area contributed by atoms with E-state index in [0.29, 0.717) is 25.7 Å². The number of hydrogen-bond donors (Lipinski definition) is 2. The minimum absolute atomic E-state index is 0.0547. The molecule has 0 aliphatic carbocycles. The first-order valence-electron chi connectivity index (χ1n) is 6.82. The van der Waals surface area contributed by atoms with E-state index in [0.717, 1.165) is 11.4 Å². The van der Waals surface area contributed by atoms with Gasteiger partial charge in [-0.3, -0.25) is 4.79 Å². The Labute approximate surface area is 119 Å². The summed E-state index contributed by atoms with van der Waals surface area (Å²) in [4.78, 5) is 20.6. The van der Waals surface area contributed by atoms with Gasteiger partial charge in [-0.05, 0) is 26.8 Å². The molecule has 1 aromatic heterocycles. The first-order valence-corrected chi connectivity index (χ1v) is 6.82. The van der Waals surface area contributed by atoms with Crippen LogP contribution in [0.2, 0.25) is 0 Å². The fourth-order valence-electron chi connectivity index (χ4n) is 2.06. The van der Waals surface area contributed by atoms with Crippen molar-refractivity contribution in [2.24, 2.45) is 5.41 Å². The molecule has 20 heavy (non-hydrogen) atoms. The highest BCUT2D eigenvalue weighted by molar-refractivity contribution is 5.83. The Bertz CT molecular complexity index is 480. The van der Waals surface area contributed by atoms with Crippen LogP contribution in [-0.2, 0) is 9.53 Å². The molecule has 1 aliphatic heterocycles. The number of aromatic nitrogens is 2. The molecule has 1 saturated heterocycles. The number of hydrogen-bond acceptors (Lipinski definition) is 5. The number of aryl methyl sites for hydroxylation is 2. The van der Waals surface area contributed by atoms with Gasteiger partial charge >= 0.3 is 0 Å². The lowest BCUT2D eigenvalue weighted by atomic mass is 9.89. The minimum atomic E-state index is -0.374. The van der Waals surface area contributed by atoms with Crippen molar-refractivity contribution in [2.75, 3.05) is 25.1 Å². The molecule has 6 heteroatoms. The van der Waals surface area contributed by atoms with Crippen LogP contribution in [-0.4, -0.2) is 41.7 Å². The van der Waals surface area contributed by atoms with Crippen LogP contribution >= 0.6 is 0 Å². The maximum Gasteiger partial charge on any atom is 0.242 e. The zero-order chi connectivity index (χ0) is 14.8. The number of rotatable bonds is 5. The van der Waals surface area contributed by atoms with E-state index in [9.17, 15) is 4.79 Å². The Hall–Kier alpha value is -1.69. The summed E-state index contributed by atoms with van der Waals surface area (Å²) in [6.45, 7) is 9.75. The van der Waals surface area contributed by atoms with Crippen LogP contribution in [0.3, 0.4) is 0 Å². The third kappa shape index (κ3) is 3.66. The summed E-state index contributed by atoms with van der Waals surface area (Å²) >= 11 is 0. The Morgan fingerprint density at radius 2 is 2.00 bits per heavy atom. The number of nitrogens with zero attached hydrogens (tertiary/aromatic N) is 2. The monoisotopic (exact) mass is 278 g/mol. The molecule has 1 atom stereocenters. The molecular weight excluding hydrogens is 256 g/mol. The summed E-state index contributed by atoms with van der Waals surface area (Å²) in [6.07, 6.45) is 0. The van der Waals surface area contributed by atoms with E-state index < -0.39 is 0 Å². The summed E-state index contributed by atoms with van der Waals surface area (Å²) in [5.41, 5.74) is 1.84. The smallest absolute Gasteiger partial charge is 0.242 e. The summed E-state index contributed by atoms with van der Waals surface area (Å²) < 4.78 is 5.17. The molecule has 0 bridgehead atoms. The third-order valence-corrected chi connectivity index (χ3v) is 3.31. The van der Waals surface area contributed by atoms with Crippen LogP contribution < -0.4 is 10.6 Å². The fraction of sp³-hybridized carbons (Fsp3) is 0.643. The van der Waals surface area contributed by atoms with Gasteiger partial charge in [0.2, 0.25) is 11.9 Å². The molecule has 6 nitrogen and oxygen atoms in total. The van der Waals surface area contributed by atoms with Crippen LogP contribution in [0.15, 0.2) is 6.07 Å². The predicted octanol–water partition coefficient (Wildman–Crippen LogP) is 1.05. The van der Waals surface area contributed by atoms with Crippen LogP contribution in [0.25, 0.3) is 0 Å². The van der Waals surface area contributed by atoms with E-state index in [2.05, 4.69) is 27.5 Å². The van der Waals surface area contributed by atoms with Gasteiger partial charge in [0.15, 0.2) is 0 Å². The average Bonchev–Trinajstić information content (AvgIpc) is 2.32. The topological polar surface area (TPSA) is 76.1 Å². The second kappa shape index (κ2) is 5.75. The van der Waals surface area contributed by atoms with Gasteiger partial charge in [-0.15, -0.1) is 0 Å². The normalized spacial score (nSPS) is 18.0. The van der Waals surface area contributed by atoms with E-state index >= 15 is 0 Å². The quantitative estimate of drug-likeness (QED) is 0.842. The second-order valence-electron chi connectivity index (χ2n) is 5.86. The number of anilines is 1. The van der Waals surface area contributed by atoms with E-state index in [4.69, 9.17) is 4.74 Å². The van der Waals surface area contributed by atoms with Gasteiger partial charge < -0.3 is 15.4 Å². The van der Waals surface area contributed by atoms with Crippen molar-refractivity contribution in [3.63, 3.8) is 0 Å². The van der Waals surface area contributed by atoms with Crippen molar-refractivity contribution in [2.45, 2.75) is 33.7 Å². The van der Waals surface area contributed by atoms with Gasteiger partial charge in [0, 0.05) is 23.3 Å². The number of ether oxygens (including phenoxy) is 1. The predicted molar refractivity (Wildman–Crippen MR) is 76.5 cm³/mol. The highest BCUT2D eigenvalue weighted by Crippen LogP contribution is 2.25. The molecule has 1 amide bonds. The first-order chi connectivity index (χ1) is 9.38.